The summed E-state index contributed by atoms with van der Waals surface area (Å²) in [6, 6.07) is 5.11. The lowest BCUT2D eigenvalue weighted by molar-refractivity contribution is 0.356. The van der Waals surface area contributed by atoms with Gasteiger partial charge in [0, 0.05) is 18.7 Å². The second-order valence-electron chi connectivity index (χ2n) is 5.86. The van der Waals surface area contributed by atoms with Crippen LogP contribution in [0, 0.1) is 11.7 Å². The maximum atomic E-state index is 13.2. The van der Waals surface area contributed by atoms with Crippen molar-refractivity contribution >= 4 is 26.7 Å². The van der Waals surface area contributed by atoms with Gasteiger partial charge >= 0.3 is 0 Å². The van der Waals surface area contributed by atoms with E-state index in [2.05, 4.69) is 43.1 Å². The van der Waals surface area contributed by atoms with E-state index in [1.807, 2.05) is 0 Å². The minimum atomic E-state index is -0.235. The molecule has 2 rings (SSSR count). The van der Waals surface area contributed by atoms with Crippen LogP contribution in [-0.2, 0) is 0 Å². The third kappa shape index (κ3) is 4.15. The molecular formula is C15H22FN3S. The molecule has 0 spiro atoms. The zero-order chi connectivity index (χ0) is 14.7. The molecule has 1 N–H and O–H groups in total. The molecule has 110 valence electrons. The molecule has 1 unspecified atom stereocenters. The van der Waals surface area contributed by atoms with E-state index in [9.17, 15) is 4.39 Å². The van der Waals surface area contributed by atoms with Crippen molar-refractivity contribution in [3.63, 3.8) is 0 Å². The van der Waals surface area contributed by atoms with Gasteiger partial charge in [-0.15, -0.1) is 0 Å². The normalized spacial score (nSPS) is 13.3. The van der Waals surface area contributed by atoms with Gasteiger partial charge in [0.1, 0.15) is 5.82 Å². The van der Waals surface area contributed by atoms with E-state index in [-0.39, 0.29) is 5.82 Å². The number of anilines is 1. The van der Waals surface area contributed by atoms with Gasteiger partial charge in [-0.25, -0.2) is 9.37 Å². The van der Waals surface area contributed by atoms with Crippen LogP contribution < -0.4 is 5.32 Å². The first-order valence-corrected chi connectivity index (χ1v) is 7.73. The van der Waals surface area contributed by atoms with Gasteiger partial charge in [-0.05, 0) is 38.6 Å². The van der Waals surface area contributed by atoms with E-state index >= 15 is 0 Å². The molecule has 0 aliphatic carbocycles. The lowest BCUT2D eigenvalue weighted by Crippen LogP contribution is -2.33. The summed E-state index contributed by atoms with van der Waals surface area (Å²) in [4.78, 5) is 6.65. The van der Waals surface area contributed by atoms with E-state index in [0.717, 1.165) is 28.3 Å². The fourth-order valence-electron chi connectivity index (χ4n) is 2.33. The Morgan fingerprint density at radius 2 is 2.10 bits per heavy atom. The molecule has 1 atom stereocenters. The van der Waals surface area contributed by atoms with Crippen molar-refractivity contribution < 1.29 is 4.39 Å². The van der Waals surface area contributed by atoms with Gasteiger partial charge in [-0.1, -0.05) is 25.2 Å². The Balaban J connectivity index is 2.14. The molecule has 20 heavy (non-hydrogen) atoms. The summed E-state index contributed by atoms with van der Waals surface area (Å²) in [6.45, 7) is 5.40. The van der Waals surface area contributed by atoms with Crippen LogP contribution in [0.25, 0.3) is 10.2 Å². The molecule has 0 saturated heterocycles. The Morgan fingerprint density at radius 1 is 1.35 bits per heavy atom. The van der Waals surface area contributed by atoms with Crippen LogP contribution in [0.3, 0.4) is 0 Å². The third-order valence-electron chi connectivity index (χ3n) is 3.02. The van der Waals surface area contributed by atoms with Crippen molar-refractivity contribution in [2.75, 3.05) is 26.0 Å². The fraction of sp³-hybridized carbons (Fsp3) is 0.533. The number of rotatable bonds is 6. The lowest BCUT2D eigenvalue weighted by Gasteiger charge is -2.23. The fourth-order valence-corrected chi connectivity index (χ4v) is 3.25. The molecule has 0 amide bonds. The van der Waals surface area contributed by atoms with Crippen molar-refractivity contribution in [2.24, 2.45) is 5.92 Å². The van der Waals surface area contributed by atoms with E-state index < -0.39 is 0 Å². The number of nitrogens with one attached hydrogen (secondary N) is 1. The molecule has 1 aromatic heterocycles. The van der Waals surface area contributed by atoms with Crippen molar-refractivity contribution in [3.05, 3.63) is 24.0 Å². The molecule has 0 radical (unpaired) electrons. The van der Waals surface area contributed by atoms with Crippen molar-refractivity contribution in [1.29, 1.82) is 0 Å². The zero-order valence-corrected chi connectivity index (χ0v) is 13.3. The first-order valence-electron chi connectivity index (χ1n) is 6.91. The van der Waals surface area contributed by atoms with Crippen LogP contribution in [0.5, 0.6) is 0 Å². The average Bonchev–Trinajstić information content (AvgIpc) is 2.68. The highest BCUT2D eigenvalue weighted by Gasteiger charge is 2.14. The summed E-state index contributed by atoms with van der Waals surface area (Å²) in [6.07, 6.45) is 1.09. The van der Waals surface area contributed by atoms with Crippen LogP contribution in [0.15, 0.2) is 18.2 Å². The molecule has 0 fully saturated rings. The van der Waals surface area contributed by atoms with Crippen molar-refractivity contribution in [2.45, 2.75) is 26.3 Å². The molecule has 2 aromatic rings. The number of likely N-dealkylation sites (N-methyl/N-ethyl adjacent to an activating group) is 1. The Kier molecular flexibility index (Phi) is 4.94. The van der Waals surface area contributed by atoms with Gasteiger partial charge in [0.15, 0.2) is 5.13 Å². The average molecular weight is 295 g/mol. The number of aromatic nitrogens is 1. The smallest absolute Gasteiger partial charge is 0.184 e. The quantitative estimate of drug-likeness (QED) is 0.878. The maximum absolute atomic E-state index is 13.2. The van der Waals surface area contributed by atoms with Gasteiger partial charge in [0.05, 0.1) is 10.2 Å². The summed E-state index contributed by atoms with van der Waals surface area (Å²) >= 11 is 1.58. The number of fused-ring (bicyclic) bond motifs is 1. The van der Waals surface area contributed by atoms with Crippen LogP contribution in [0.4, 0.5) is 9.52 Å². The van der Waals surface area contributed by atoms with Gasteiger partial charge in [0.25, 0.3) is 0 Å². The third-order valence-corrected chi connectivity index (χ3v) is 3.99. The molecule has 5 heteroatoms. The monoisotopic (exact) mass is 295 g/mol. The predicted molar refractivity (Wildman–Crippen MR) is 85.0 cm³/mol. The SMILES string of the molecule is CC(C)CC(CN(C)C)Nc1nc2cc(F)ccc2s1. The molecule has 3 nitrogen and oxygen atoms in total. The van der Waals surface area contributed by atoms with E-state index in [0.29, 0.717) is 12.0 Å². The summed E-state index contributed by atoms with van der Waals surface area (Å²) in [5.41, 5.74) is 0.727. The second-order valence-corrected chi connectivity index (χ2v) is 6.89. The number of hydrogen-bond acceptors (Lipinski definition) is 4. The number of halogens is 1. The van der Waals surface area contributed by atoms with Crippen molar-refractivity contribution in [1.82, 2.24) is 9.88 Å². The molecule has 0 bridgehead atoms. The van der Waals surface area contributed by atoms with Gasteiger partial charge in [-0.3, -0.25) is 0 Å². The molecule has 1 heterocycles. The van der Waals surface area contributed by atoms with Crippen molar-refractivity contribution in [3.8, 4) is 0 Å². The molecule has 0 saturated carbocycles. The highest BCUT2D eigenvalue weighted by molar-refractivity contribution is 7.22. The second kappa shape index (κ2) is 6.50. The Labute approximate surface area is 123 Å². The minimum absolute atomic E-state index is 0.235. The predicted octanol–water partition coefficient (Wildman–Crippen LogP) is 3.82. The number of nitrogens with zero attached hydrogens (tertiary/aromatic N) is 2. The molecular weight excluding hydrogens is 273 g/mol. The Morgan fingerprint density at radius 3 is 2.75 bits per heavy atom. The first-order chi connectivity index (χ1) is 9.44. The van der Waals surface area contributed by atoms with Crippen LogP contribution in [-0.4, -0.2) is 36.6 Å². The summed E-state index contributed by atoms with van der Waals surface area (Å²) in [5, 5.41) is 4.37. The van der Waals surface area contributed by atoms with E-state index in [4.69, 9.17) is 0 Å². The van der Waals surface area contributed by atoms with E-state index in [1.165, 1.54) is 12.1 Å². The highest BCUT2D eigenvalue weighted by Crippen LogP contribution is 2.27. The number of thiazole rings is 1. The van der Waals surface area contributed by atoms with Crippen LogP contribution >= 0.6 is 11.3 Å². The zero-order valence-electron chi connectivity index (χ0n) is 12.5. The van der Waals surface area contributed by atoms with Crippen LogP contribution in [0.2, 0.25) is 0 Å². The number of hydrogen-bond donors (Lipinski definition) is 1. The van der Waals surface area contributed by atoms with Gasteiger partial charge < -0.3 is 10.2 Å². The topological polar surface area (TPSA) is 28.2 Å². The minimum Gasteiger partial charge on any atom is -0.357 e. The van der Waals surface area contributed by atoms with E-state index in [1.54, 1.807) is 17.4 Å². The summed E-state index contributed by atoms with van der Waals surface area (Å²) in [5.74, 6) is 0.389. The van der Waals surface area contributed by atoms with Gasteiger partial charge in [0.2, 0.25) is 0 Å². The Hall–Kier alpha value is -1.20. The first kappa shape index (κ1) is 15.2. The lowest BCUT2D eigenvalue weighted by atomic mass is 10.0. The summed E-state index contributed by atoms with van der Waals surface area (Å²) in [7, 11) is 4.14. The summed E-state index contributed by atoms with van der Waals surface area (Å²) < 4.78 is 14.2. The standard InChI is InChI=1S/C15H22FN3S/c1-10(2)7-12(9-19(3)4)17-15-18-13-8-11(16)5-6-14(13)20-15/h5-6,8,10,12H,7,9H2,1-4H3,(H,17,18). The van der Waals surface area contributed by atoms with Gasteiger partial charge in [-0.2, -0.15) is 0 Å². The Bertz CT molecular complexity index is 555. The molecule has 1 aromatic carbocycles. The maximum Gasteiger partial charge on any atom is 0.184 e. The molecule has 0 aliphatic rings. The number of benzene rings is 1. The highest BCUT2D eigenvalue weighted by atomic mass is 32.1. The largest absolute Gasteiger partial charge is 0.357 e. The van der Waals surface area contributed by atoms with Crippen LogP contribution in [0.1, 0.15) is 20.3 Å². The molecule has 0 aliphatic heterocycles.